The summed E-state index contributed by atoms with van der Waals surface area (Å²) < 4.78 is 32.5. The molecule has 0 spiro atoms. The normalized spacial score (nSPS) is 12.2. The zero-order valence-electron chi connectivity index (χ0n) is 17.3. The summed E-state index contributed by atoms with van der Waals surface area (Å²) in [5.41, 5.74) is 1.46. The lowest BCUT2D eigenvalue weighted by molar-refractivity contribution is -0.140. The number of halogens is 1. The van der Waals surface area contributed by atoms with Crippen LogP contribution in [0, 0.1) is 0 Å². The van der Waals surface area contributed by atoms with Crippen LogP contribution in [0.1, 0.15) is 18.4 Å². The van der Waals surface area contributed by atoms with E-state index in [0.29, 0.717) is 29.3 Å². The first-order valence-electron chi connectivity index (χ1n) is 9.48. The summed E-state index contributed by atoms with van der Waals surface area (Å²) in [6, 6.07) is 11.8. The molecule has 31 heavy (non-hydrogen) atoms. The van der Waals surface area contributed by atoms with Gasteiger partial charge in [-0.15, -0.1) is 0 Å². The van der Waals surface area contributed by atoms with Crippen LogP contribution in [0.4, 0.5) is 5.69 Å². The first-order chi connectivity index (χ1) is 14.7. The summed E-state index contributed by atoms with van der Waals surface area (Å²) in [5.74, 6) is -0.135. The molecule has 7 nitrogen and oxygen atoms in total. The molecule has 1 atom stereocenters. The Morgan fingerprint density at radius 3 is 2.32 bits per heavy atom. The highest BCUT2D eigenvalue weighted by atomic mass is 35.5. The molecule has 168 valence electrons. The van der Waals surface area contributed by atoms with Gasteiger partial charge < -0.3 is 10.1 Å². The van der Waals surface area contributed by atoms with Crippen molar-refractivity contribution < 1.29 is 22.7 Å². The summed E-state index contributed by atoms with van der Waals surface area (Å²) in [7, 11) is -2.55. The molecule has 0 saturated heterocycles. The highest BCUT2D eigenvalue weighted by Gasteiger charge is 2.25. The molecule has 0 saturated carbocycles. The minimum atomic E-state index is -3.89. The molecule has 2 rings (SSSR count). The SMILES string of the molecule is COC(=O)CCc1ccc(NC(=O)C(CCSC)NS(=O)(=O)c2ccc(Cl)cc2)cc1. The van der Waals surface area contributed by atoms with Crippen molar-refractivity contribution in [3.05, 3.63) is 59.1 Å². The molecule has 0 aliphatic heterocycles. The van der Waals surface area contributed by atoms with Gasteiger partial charge in [0.05, 0.1) is 12.0 Å². The van der Waals surface area contributed by atoms with E-state index in [1.807, 2.05) is 6.26 Å². The van der Waals surface area contributed by atoms with E-state index < -0.39 is 22.0 Å². The van der Waals surface area contributed by atoms with Gasteiger partial charge in [0.1, 0.15) is 6.04 Å². The molecule has 0 fully saturated rings. The van der Waals surface area contributed by atoms with E-state index >= 15 is 0 Å². The van der Waals surface area contributed by atoms with Gasteiger partial charge in [-0.2, -0.15) is 16.5 Å². The number of aryl methyl sites for hydroxylation is 1. The van der Waals surface area contributed by atoms with Gasteiger partial charge in [0.2, 0.25) is 15.9 Å². The maximum atomic E-state index is 12.8. The summed E-state index contributed by atoms with van der Waals surface area (Å²) in [4.78, 5) is 24.1. The molecule has 1 unspecified atom stereocenters. The largest absolute Gasteiger partial charge is 0.469 e. The predicted octanol–water partition coefficient (Wildman–Crippen LogP) is 3.48. The fourth-order valence-corrected chi connectivity index (χ4v) is 4.51. The molecule has 2 N–H and O–H groups in total. The van der Waals surface area contributed by atoms with Crippen LogP contribution >= 0.6 is 23.4 Å². The molecule has 0 aromatic heterocycles. The van der Waals surface area contributed by atoms with E-state index in [1.165, 1.54) is 43.1 Å². The lowest BCUT2D eigenvalue weighted by Crippen LogP contribution is -2.44. The first kappa shape index (κ1) is 25.2. The van der Waals surface area contributed by atoms with Crippen molar-refractivity contribution in [2.45, 2.75) is 30.2 Å². The Kier molecular flexibility index (Phi) is 9.83. The number of rotatable bonds is 11. The average molecular weight is 485 g/mol. The molecule has 0 heterocycles. The standard InChI is InChI=1S/C21H25ClN2O5S2/c1-29-20(25)12-5-15-3-8-17(9-4-15)23-21(26)19(13-14-30-2)24-31(27,28)18-10-6-16(22)7-11-18/h3-4,6-11,19,24H,5,12-14H2,1-2H3,(H,23,26). The van der Waals surface area contributed by atoms with E-state index in [0.717, 1.165) is 5.56 Å². The highest BCUT2D eigenvalue weighted by Crippen LogP contribution is 2.17. The average Bonchev–Trinajstić information content (AvgIpc) is 2.76. The van der Waals surface area contributed by atoms with E-state index in [9.17, 15) is 18.0 Å². The molecule has 0 bridgehead atoms. The van der Waals surface area contributed by atoms with Crippen LogP contribution in [0.2, 0.25) is 5.02 Å². The molecule has 2 aromatic rings. The van der Waals surface area contributed by atoms with Gasteiger partial charge in [-0.25, -0.2) is 8.42 Å². The third kappa shape index (κ3) is 8.17. The fourth-order valence-electron chi connectivity index (χ4n) is 2.68. The number of ether oxygens (including phenoxy) is 1. The van der Waals surface area contributed by atoms with Gasteiger partial charge in [-0.05, 0) is 66.8 Å². The Balaban J connectivity index is 2.07. The summed E-state index contributed by atoms with van der Waals surface area (Å²) in [6.45, 7) is 0. The number of methoxy groups -OCH3 is 1. The van der Waals surface area contributed by atoms with Crippen LogP contribution in [0.25, 0.3) is 0 Å². The summed E-state index contributed by atoms with van der Waals surface area (Å²) in [5, 5.41) is 3.17. The van der Waals surface area contributed by atoms with Gasteiger partial charge >= 0.3 is 5.97 Å². The zero-order chi connectivity index (χ0) is 22.9. The third-order valence-corrected chi connectivity index (χ3v) is 6.80. The quantitative estimate of drug-likeness (QED) is 0.473. The number of sulfonamides is 1. The molecule has 2 aromatic carbocycles. The second-order valence-corrected chi connectivity index (χ2v) is 9.81. The minimum Gasteiger partial charge on any atom is -0.469 e. The fraction of sp³-hybridized carbons (Fsp3) is 0.333. The number of thioether (sulfide) groups is 1. The molecular formula is C21H25ClN2O5S2. The first-order valence-corrected chi connectivity index (χ1v) is 12.7. The number of hydrogen-bond donors (Lipinski definition) is 2. The Morgan fingerprint density at radius 1 is 1.10 bits per heavy atom. The number of carbonyl (C=O) groups excluding carboxylic acids is 2. The number of esters is 1. The Morgan fingerprint density at radius 2 is 1.74 bits per heavy atom. The Labute approximate surface area is 191 Å². The number of nitrogens with one attached hydrogen (secondary N) is 2. The van der Waals surface area contributed by atoms with Gasteiger partial charge in [-0.1, -0.05) is 23.7 Å². The van der Waals surface area contributed by atoms with Crippen molar-refractivity contribution in [3.63, 3.8) is 0 Å². The maximum absolute atomic E-state index is 12.8. The highest BCUT2D eigenvalue weighted by molar-refractivity contribution is 7.98. The van der Waals surface area contributed by atoms with Gasteiger partial charge in [0, 0.05) is 17.1 Å². The van der Waals surface area contributed by atoms with Crippen molar-refractivity contribution >= 4 is 50.9 Å². The number of benzene rings is 2. The van der Waals surface area contributed by atoms with Crippen LogP contribution in [-0.4, -0.2) is 45.5 Å². The number of carbonyl (C=O) groups is 2. The van der Waals surface area contributed by atoms with E-state index in [4.69, 9.17) is 11.6 Å². The molecule has 1 amide bonds. The zero-order valence-corrected chi connectivity index (χ0v) is 19.6. The monoisotopic (exact) mass is 484 g/mol. The van der Waals surface area contributed by atoms with Crippen LogP contribution in [0.15, 0.2) is 53.4 Å². The molecule has 0 aliphatic carbocycles. The lowest BCUT2D eigenvalue weighted by Gasteiger charge is -2.18. The topological polar surface area (TPSA) is 102 Å². The summed E-state index contributed by atoms with van der Waals surface area (Å²) >= 11 is 7.34. The number of hydrogen-bond acceptors (Lipinski definition) is 6. The van der Waals surface area contributed by atoms with Crippen molar-refractivity contribution in [3.8, 4) is 0 Å². The summed E-state index contributed by atoms with van der Waals surface area (Å²) in [6.07, 6.45) is 3.01. The second kappa shape index (κ2) is 12.1. The second-order valence-electron chi connectivity index (χ2n) is 6.67. The third-order valence-electron chi connectivity index (χ3n) is 4.42. The van der Waals surface area contributed by atoms with Crippen LogP contribution in [0.5, 0.6) is 0 Å². The minimum absolute atomic E-state index is 0.0359. The molecule has 10 heteroatoms. The maximum Gasteiger partial charge on any atom is 0.305 e. The van der Waals surface area contributed by atoms with E-state index in [2.05, 4.69) is 14.8 Å². The predicted molar refractivity (Wildman–Crippen MR) is 124 cm³/mol. The number of anilines is 1. The van der Waals surface area contributed by atoms with Crippen molar-refractivity contribution in [2.75, 3.05) is 24.4 Å². The van der Waals surface area contributed by atoms with Gasteiger partial charge in [0.25, 0.3) is 0 Å². The lowest BCUT2D eigenvalue weighted by atomic mass is 10.1. The van der Waals surface area contributed by atoms with Crippen molar-refractivity contribution in [2.24, 2.45) is 0 Å². The Hall–Kier alpha value is -2.07. The van der Waals surface area contributed by atoms with E-state index in [-0.39, 0.29) is 17.3 Å². The van der Waals surface area contributed by atoms with Crippen LogP contribution in [-0.2, 0) is 30.8 Å². The van der Waals surface area contributed by atoms with Crippen molar-refractivity contribution in [1.29, 1.82) is 0 Å². The smallest absolute Gasteiger partial charge is 0.305 e. The van der Waals surface area contributed by atoms with E-state index in [1.54, 1.807) is 24.3 Å². The molecule has 0 aliphatic rings. The Bertz CT molecular complexity index is 980. The molecular weight excluding hydrogens is 460 g/mol. The van der Waals surface area contributed by atoms with Gasteiger partial charge in [0.15, 0.2) is 0 Å². The van der Waals surface area contributed by atoms with Crippen molar-refractivity contribution in [1.82, 2.24) is 4.72 Å². The van der Waals surface area contributed by atoms with Crippen LogP contribution in [0.3, 0.4) is 0 Å². The molecule has 0 radical (unpaired) electrons. The van der Waals surface area contributed by atoms with Crippen LogP contribution < -0.4 is 10.0 Å². The van der Waals surface area contributed by atoms with Gasteiger partial charge in [-0.3, -0.25) is 9.59 Å². The number of amides is 1.